The molecule has 0 saturated carbocycles. The molecule has 2 rings (SSSR count). The summed E-state index contributed by atoms with van der Waals surface area (Å²) in [5.74, 6) is -11.6. The average molecular weight is 376 g/mol. The van der Waals surface area contributed by atoms with E-state index in [-0.39, 0.29) is 5.02 Å². The van der Waals surface area contributed by atoms with Crippen molar-refractivity contribution in [2.75, 3.05) is 5.32 Å². The molecule has 1 aromatic carbocycles. The number of halogens is 8. The average Bonchev–Trinajstić information content (AvgIpc) is 2.79. The minimum absolute atomic E-state index is 0.260. The van der Waals surface area contributed by atoms with Crippen LogP contribution in [0.5, 0.6) is 0 Å². The third-order valence-electron chi connectivity index (χ3n) is 2.78. The Kier molecular flexibility index (Phi) is 4.48. The first kappa shape index (κ1) is 18.0. The fourth-order valence-corrected chi connectivity index (χ4v) is 2.04. The molecule has 0 unspecified atom stereocenters. The lowest BCUT2D eigenvalue weighted by atomic mass is 10.1. The number of carbonyl (C=O) groups is 1. The number of rotatable bonds is 2. The summed E-state index contributed by atoms with van der Waals surface area (Å²) < 4.78 is 92.6. The van der Waals surface area contributed by atoms with Gasteiger partial charge in [0, 0.05) is 13.2 Å². The fourth-order valence-electron chi connectivity index (χ4n) is 1.78. The highest BCUT2D eigenvalue weighted by atomic mass is 35.5. The van der Waals surface area contributed by atoms with Crippen molar-refractivity contribution in [3.8, 4) is 0 Å². The van der Waals surface area contributed by atoms with Crippen LogP contribution in [-0.4, -0.2) is 15.7 Å². The van der Waals surface area contributed by atoms with Gasteiger partial charge in [0.25, 0.3) is 5.91 Å². The van der Waals surface area contributed by atoms with Gasteiger partial charge in [-0.3, -0.25) is 9.48 Å². The van der Waals surface area contributed by atoms with Gasteiger partial charge in [0.1, 0.15) is 11.3 Å². The van der Waals surface area contributed by atoms with E-state index in [2.05, 4.69) is 5.10 Å². The number of hydrogen-bond donors (Lipinski definition) is 1. The summed E-state index contributed by atoms with van der Waals surface area (Å²) >= 11 is 5.60. The van der Waals surface area contributed by atoms with Crippen molar-refractivity contribution >= 4 is 23.2 Å². The Bertz CT molecular complexity index is 802. The van der Waals surface area contributed by atoms with Crippen molar-refractivity contribution in [1.82, 2.24) is 9.78 Å². The quantitative estimate of drug-likeness (QED) is 0.639. The van der Waals surface area contributed by atoms with E-state index in [1.807, 2.05) is 0 Å². The van der Waals surface area contributed by atoms with Crippen molar-refractivity contribution < 1.29 is 35.5 Å². The van der Waals surface area contributed by atoms with Crippen LogP contribution >= 0.6 is 11.6 Å². The maximum atomic E-state index is 13.7. The van der Waals surface area contributed by atoms with Crippen LogP contribution in [0.15, 0.2) is 6.20 Å². The van der Waals surface area contributed by atoms with Crippen LogP contribution in [0.1, 0.15) is 16.1 Å². The first-order valence-electron chi connectivity index (χ1n) is 5.88. The Morgan fingerprint density at radius 2 is 1.62 bits per heavy atom. The van der Waals surface area contributed by atoms with Crippen LogP contribution in [-0.2, 0) is 13.2 Å². The van der Waals surface area contributed by atoms with Crippen molar-refractivity contribution in [3.63, 3.8) is 0 Å². The summed E-state index contributed by atoms with van der Waals surface area (Å²) in [5.41, 5.74) is -5.03. The van der Waals surface area contributed by atoms with E-state index in [9.17, 15) is 35.5 Å². The molecule has 0 spiro atoms. The van der Waals surface area contributed by atoms with E-state index in [0.717, 1.165) is 10.9 Å². The molecular weight excluding hydrogens is 371 g/mol. The van der Waals surface area contributed by atoms with Crippen molar-refractivity contribution in [2.45, 2.75) is 6.18 Å². The number of anilines is 1. The minimum atomic E-state index is -5.68. The Morgan fingerprint density at radius 1 is 1.12 bits per heavy atom. The third-order valence-corrected chi connectivity index (χ3v) is 3.06. The Labute approximate surface area is 133 Å². The number of nitrogens with zero attached hydrogens (tertiary/aromatic N) is 2. The fraction of sp³-hybridized carbons (Fsp3) is 0.167. The second-order valence-corrected chi connectivity index (χ2v) is 4.86. The topological polar surface area (TPSA) is 46.9 Å². The summed E-state index contributed by atoms with van der Waals surface area (Å²) in [4.78, 5) is 11.8. The molecular formula is C12H5ClF7N3O. The van der Waals surface area contributed by atoms with Gasteiger partial charge < -0.3 is 5.32 Å². The van der Waals surface area contributed by atoms with Gasteiger partial charge in [-0.15, -0.1) is 0 Å². The van der Waals surface area contributed by atoms with Gasteiger partial charge in [0.15, 0.2) is 29.0 Å². The van der Waals surface area contributed by atoms with Crippen LogP contribution in [0.25, 0.3) is 0 Å². The maximum absolute atomic E-state index is 13.7. The van der Waals surface area contributed by atoms with Crippen LogP contribution in [0.2, 0.25) is 5.02 Å². The molecule has 0 atom stereocenters. The normalized spacial score (nSPS) is 11.7. The zero-order valence-corrected chi connectivity index (χ0v) is 12.2. The number of benzene rings is 1. The molecule has 1 amide bonds. The number of alkyl halides is 3. The van der Waals surface area contributed by atoms with E-state index < -0.39 is 52.3 Å². The summed E-state index contributed by atoms with van der Waals surface area (Å²) in [6.45, 7) is 0. The molecule has 0 aliphatic heterocycles. The molecule has 130 valence electrons. The van der Waals surface area contributed by atoms with Gasteiger partial charge in [0.05, 0.1) is 5.02 Å². The summed E-state index contributed by atoms with van der Waals surface area (Å²) in [5, 5.41) is 4.68. The van der Waals surface area contributed by atoms with Gasteiger partial charge in [-0.2, -0.15) is 18.3 Å². The zero-order valence-electron chi connectivity index (χ0n) is 11.4. The molecule has 1 N–H and O–H groups in total. The standard InChI is InChI=1S/C12H5ClF7N3O/c1-23-2-3(13)9(22-23)11(24)21-10-7(16)5(14)4(12(18,19)20)6(15)8(10)17/h2H,1H3,(H,21,24). The van der Waals surface area contributed by atoms with Crippen LogP contribution in [0.4, 0.5) is 36.4 Å². The number of aromatic nitrogens is 2. The minimum Gasteiger partial charge on any atom is -0.315 e. The van der Waals surface area contributed by atoms with E-state index in [0.29, 0.717) is 0 Å². The van der Waals surface area contributed by atoms with Gasteiger partial charge in [-0.05, 0) is 0 Å². The predicted octanol–water partition coefficient (Wildman–Crippen LogP) is 3.90. The molecule has 0 fully saturated rings. The van der Waals surface area contributed by atoms with Gasteiger partial charge >= 0.3 is 6.18 Å². The second-order valence-electron chi connectivity index (χ2n) is 4.46. The molecule has 0 aliphatic carbocycles. The number of carbonyl (C=O) groups excluding carboxylic acids is 1. The lowest BCUT2D eigenvalue weighted by molar-refractivity contribution is -0.143. The molecule has 2 aromatic rings. The summed E-state index contributed by atoms with van der Waals surface area (Å²) in [6, 6.07) is 0. The van der Waals surface area contributed by atoms with E-state index >= 15 is 0 Å². The lowest BCUT2D eigenvalue weighted by Crippen LogP contribution is -2.20. The Hall–Kier alpha value is -2.30. The van der Waals surface area contributed by atoms with Gasteiger partial charge in [-0.25, -0.2) is 17.6 Å². The SMILES string of the molecule is Cn1cc(Cl)c(C(=O)Nc2c(F)c(F)c(C(F)(F)F)c(F)c2F)n1. The van der Waals surface area contributed by atoms with Crippen LogP contribution in [0, 0.1) is 23.3 Å². The molecule has 1 heterocycles. The summed E-state index contributed by atoms with van der Waals surface area (Å²) in [7, 11) is 1.35. The molecule has 0 bridgehead atoms. The van der Waals surface area contributed by atoms with E-state index in [1.165, 1.54) is 12.4 Å². The zero-order chi connectivity index (χ0) is 18.4. The predicted molar refractivity (Wildman–Crippen MR) is 67.4 cm³/mol. The molecule has 0 aliphatic rings. The first-order valence-corrected chi connectivity index (χ1v) is 6.26. The number of nitrogens with one attached hydrogen (secondary N) is 1. The van der Waals surface area contributed by atoms with Crippen molar-refractivity contribution in [3.05, 3.63) is 45.7 Å². The van der Waals surface area contributed by atoms with Crippen molar-refractivity contribution in [2.24, 2.45) is 7.05 Å². The Balaban J connectivity index is 2.53. The lowest BCUT2D eigenvalue weighted by Gasteiger charge is -2.14. The van der Waals surface area contributed by atoms with Crippen LogP contribution < -0.4 is 5.32 Å². The highest BCUT2D eigenvalue weighted by Gasteiger charge is 2.42. The van der Waals surface area contributed by atoms with Crippen LogP contribution in [0.3, 0.4) is 0 Å². The molecule has 0 saturated heterocycles. The van der Waals surface area contributed by atoms with Crippen molar-refractivity contribution in [1.29, 1.82) is 0 Å². The molecule has 0 radical (unpaired) electrons. The van der Waals surface area contributed by atoms with Gasteiger partial charge in [-0.1, -0.05) is 11.6 Å². The van der Waals surface area contributed by atoms with E-state index in [4.69, 9.17) is 11.6 Å². The highest BCUT2D eigenvalue weighted by Crippen LogP contribution is 2.38. The first-order chi connectivity index (χ1) is 10.9. The van der Waals surface area contributed by atoms with E-state index in [1.54, 1.807) is 0 Å². The molecule has 4 nitrogen and oxygen atoms in total. The number of hydrogen-bond acceptors (Lipinski definition) is 2. The largest absolute Gasteiger partial charge is 0.422 e. The highest BCUT2D eigenvalue weighted by molar-refractivity contribution is 6.34. The third kappa shape index (κ3) is 3.03. The monoisotopic (exact) mass is 375 g/mol. The number of aryl methyl sites for hydroxylation is 1. The maximum Gasteiger partial charge on any atom is 0.422 e. The Morgan fingerprint density at radius 3 is 2.00 bits per heavy atom. The second kappa shape index (κ2) is 5.96. The number of amides is 1. The molecule has 12 heteroatoms. The molecule has 24 heavy (non-hydrogen) atoms. The molecule has 1 aromatic heterocycles. The summed E-state index contributed by atoms with van der Waals surface area (Å²) in [6.07, 6.45) is -4.54. The smallest absolute Gasteiger partial charge is 0.315 e. The van der Waals surface area contributed by atoms with Gasteiger partial charge in [0.2, 0.25) is 0 Å².